The zero-order valence-corrected chi connectivity index (χ0v) is 17.8. The number of carbonyl (C=O) groups is 2. The maximum atomic E-state index is 12.8. The third-order valence-electron chi connectivity index (χ3n) is 5.17. The topological polar surface area (TPSA) is 52.7 Å². The molecule has 0 aliphatic carbocycles. The van der Waals surface area contributed by atoms with Crippen molar-refractivity contribution in [3.8, 4) is 0 Å². The number of likely N-dealkylation sites (N-methyl/N-ethyl adjacent to an activating group) is 1. The lowest BCUT2D eigenvalue weighted by atomic mass is 9.96. The highest BCUT2D eigenvalue weighted by atomic mass is 35.5. The van der Waals surface area contributed by atoms with Gasteiger partial charge in [-0.25, -0.2) is 0 Å². The molecule has 0 saturated carbocycles. The van der Waals surface area contributed by atoms with Crippen molar-refractivity contribution >= 4 is 34.8 Å². The van der Waals surface area contributed by atoms with E-state index in [9.17, 15) is 9.59 Å². The quantitative estimate of drug-likeness (QED) is 0.777. The molecule has 2 heterocycles. The average molecular weight is 420 g/mol. The molecule has 1 aliphatic rings. The van der Waals surface area contributed by atoms with E-state index in [4.69, 9.17) is 11.6 Å². The summed E-state index contributed by atoms with van der Waals surface area (Å²) in [6.07, 6.45) is 1.65. The maximum absolute atomic E-state index is 12.8. The lowest BCUT2D eigenvalue weighted by Gasteiger charge is -2.32. The van der Waals surface area contributed by atoms with Crippen LogP contribution in [0, 0.1) is 5.92 Å². The van der Waals surface area contributed by atoms with Gasteiger partial charge in [-0.1, -0.05) is 35.9 Å². The standard InChI is InChI=1S/C21H26ClN3O2S/c1-24(2)18(16-8-3-4-9-17(16)22)13-23-20(26)15-7-5-11-25(14-15)21(27)19-10-6-12-28-19/h3-4,6,8-10,12,15,18H,5,7,11,13-14H2,1-2H3,(H,23,26)/t15-,18+/m0/s1. The molecule has 1 saturated heterocycles. The van der Waals surface area contributed by atoms with Crippen molar-refractivity contribution in [3.05, 3.63) is 57.2 Å². The Balaban J connectivity index is 1.60. The van der Waals surface area contributed by atoms with Crippen molar-refractivity contribution in [1.29, 1.82) is 0 Å². The van der Waals surface area contributed by atoms with Gasteiger partial charge in [0.05, 0.1) is 16.8 Å². The van der Waals surface area contributed by atoms with Gasteiger partial charge in [0.2, 0.25) is 5.91 Å². The number of amides is 2. The van der Waals surface area contributed by atoms with Gasteiger partial charge in [-0.05, 0) is 50.0 Å². The van der Waals surface area contributed by atoms with Crippen LogP contribution in [-0.4, -0.2) is 55.3 Å². The predicted octanol–water partition coefficient (Wildman–Crippen LogP) is 3.67. The summed E-state index contributed by atoms with van der Waals surface area (Å²) in [5.41, 5.74) is 0.993. The van der Waals surface area contributed by atoms with E-state index in [0.717, 1.165) is 23.3 Å². The van der Waals surface area contributed by atoms with E-state index < -0.39 is 0 Å². The Morgan fingerprint density at radius 2 is 2.07 bits per heavy atom. The van der Waals surface area contributed by atoms with Crippen molar-refractivity contribution in [3.63, 3.8) is 0 Å². The summed E-state index contributed by atoms with van der Waals surface area (Å²) in [4.78, 5) is 30.0. The van der Waals surface area contributed by atoms with Gasteiger partial charge in [-0.3, -0.25) is 9.59 Å². The SMILES string of the molecule is CN(C)[C@H](CNC(=O)[C@H]1CCCN(C(=O)c2cccs2)C1)c1ccccc1Cl. The van der Waals surface area contributed by atoms with E-state index >= 15 is 0 Å². The Labute approximate surface area is 175 Å². The molecule has 2 amide bonds. The number of benzene rings is 1. The smallest absolute Gasteiger partial charge is 0.263 e. The number of nitrogens with one attached hydrogen (secondary N) is 1. The van der Waals surface area contributed by atoms with Crippen molar-refractivity contribution < 1.29 is 9.59 Å². The summed E-state index contributed by atoms with van der Waals surface area (Å²) in [7, 11) is 3.95. The van der Waals surface area contributed by atoms with Gasteiger partial charge in [0.15, 0.2) is 0 Å². The van der Waals surface area contributed by atoms with Gasteiger partial charge in [-0.2, -0.15) is 0 Å². The maximum Gasteiger partial charge on any atom is 0.263 e. The lowest BCUT2D eigenvalue weighted by Crippen LogP contribution is -2.46. The number of piperidine rings is 1. The van der Waals surface area contributed by atoms with E-state index in [1.54, 1.807) is 4.90 Å². The van der Waals surface area contributed by atoms with Crippen LogP contribution in [0.4, 0.5) is 0 Å². The van der Waals surface area contributed by atoms with Crippen LogP contribution < -0.4 is 5.32 Å². The zero-order valence-electron chi connectivity index (χ0n) is 16.2. The molecule has 7 heteroatoms. The molecule has 1 aromatic carbocycles. The average Bonchev–Trinajstić information content (AvgIpc) is 3.23. The molecule has 0 radical (unpaired) electrons. The molecule has 3 rings (SSSR count). The number of thiophene rings is 1. The second-order valence-electron chi connectivity index (χ2n) is 7.31. The number of carbonyl (C=O) groups excluding carboxylic acids is 2. The van der Waals surface area contributed by atoms with Gasteiger partial charge in [0.25, 0.3) is 5.91 Å². The third kappa shape index (κ3) is 4.93. The largest absolute Gasteiger partial charge is 0.354 e. The fourth-order valence-electron chi connectivity index (χ4n) is 3.59. The van der Waals surface area contributed by atoms with Gasteiger partial charge in [0, 0.05) is 24.7 Å². The first kappa shape index (κ1) is 20.8. The number of nitrogens with zero attached hydrogens (tertiary/aromatic N) is 2. The normalized spacial score (nSPS) is 18.1. The Bertz CT molecular complexity index is 810. The number of rotatable bonds is 6. The van der Waals surface area contributed by atoms with E-state index in [1.165, 1.54) is 11.3 Å². The van der Waals surface area contributed by atoms with Crippen molar-refractivity contribution in [1.82, 2.24) is 15.1 Å². The van der Waals surface area contributed by atoms with Gasteiger partial charge < -0.3 is 15.1 Å². The molecular formula is C21H26ClN3O2S. The summed E-state index contributed by atoms with van der Waals surface area (Å²) in [5, 5.41) is 5.67. The first-order valence-electron chi connectivity index (χ1n) is 9.48. The molecule has 0 bridgehead atoms. The minimum absolute atomic E-state index is 0.00239. The molecule has 1 aromatic heterocycles. The summed E-state index contributed by atoms with van der Waals surface area (Å²) in [6.45, 7) is 1.66. The molecule has 28 heavy (non-hydrogen) atoms. The molecule has 1 fully saturated rings. The number of hydrogen-bond donors (Lipinski definition) is 1. The number of likely N-dealkylation sites (tertiary alicyclic amines) is 1. The van der Waals surface area contributed by atoms with E-state index in [0.29, 0.717) is 24.7 Å². The summed E-state index contributed by atoms with van der Waals surface area (Å²) in [5.74, 6) is -0.149. The van der Waals surface area contributed by atoms with Gasteiger partial charge >= 0.3 is 0 Å². The minimum Gasteiger partial charge on any atom is -0.354 e. The number of halogens is 1. The van der Waals surface area contributed by atoms with Crippen LogP contribution in [0.3, 0.4) is 0 Å². The van der Waals surface area contributed by atoms with Gasteiger partial charge in [0.1, 0.15) is 0 Å². The van der Waals surface area contributed by atoms with Crippen LogP contribution in [0.15, 0.2) is 41.8 Å². The monoisotopic (exact) mass is 419 g/mol. The van der Waals surface area contributed by atoms with Crippen LogP contribution in [0.2, 0.25) is 5.02 Å². The Morgan fingerprint density at radius 1 is 1.29 bits per heavy atom. The predicted molar refractivity (Wildman–Crippen MR) is 114 cm³/mol. The summed E-state index contributed by atoms with van der Waals surface area (Å²) >= 11 is 7.79. The molecule has 0 unspecified atom stereocenters. The minimum atomic E-state index is -0.174. The van der Waals surface area contributed by atoms with Crippen LogP contribution in [-0.2, 0) is 4.79 Å². The highest BCUT2D eigenvalue weighted by Crippen LogP contribution is 2.26. The van der Waals surface area contributed by atoms with Crippen LogP contribution in [0.25, 0.3) is 0 Å². The van der Waals surface area contributed by atoms with Crippen LogP contribution >= 0.6 is 22.9 Å². The summed E-state index contributed by atoms with van der Waals surface area (Å²) < 4.78 is 0. The molecule has 2 atom stereocenters. The lowest BCUT2D eigenvalue weighted by molar-refractivity contribution is -0.126. The van der Waals surface area contributed by atoms with Gasteiger partial charge in [-0.15, -0.1) is 11.3 Å². The molecule has 1 aliphatic heterocycles. The number of hydrogen-bond acceptors (Lipinski definition) is 4. The first-order valence-corrected chi connectivity index (χ1v) is 10.7. The van der Waals surface area contributed by atoms with Crippen LogP contribution in [0.1, 0.15) is 34.1 Å². The van der Waals surface area contributed by atoms with E-state index in [1.807, 2.05) is 55.9 Å². The van der Waals surface area contributed by atoms with E-state index in [-0.39, 0.29) is 23.8 Å². The highest BCUT2D eigenvalue weighted by molar-refractivity contribution is 7.12. The fourth-order valence-corrected chi connectivity index (χ4v) is 4.54. The first-order chi connectivity index (χ1) is 13.5. The van der Waals surface area contributed by atoms with Crippen LogP contribution in [0.5, 0.6) is 0 Å². The Hall–Kier alpha value is -1.89. The molecule has 5 nitrogen and oxygen atoms in total. The molecule has 150 valence electrons. The Kier molecular flexibility index (Phi) is 7.10. The molecule has 2 aromatic rings. The molecule has 0 spiro atoms. The second kappa shape index (κ2) is 9.54. The van der Waals surface area contributed by atoms with E-state index in [2.05, 4.69) is 10.2 Å². The summed E-state index contributed by atoms with van der Waals surface area (Å²) in [6, 6.07) is 11.4. The second-order valence-corrected chi connectivity index (χ2v) is 8.67. The highest BCUT2D eigenvalue weighted by Gasteiger charge is 2.30. The third-order valence-corrected chi connectivity index (χ3v) is 6.37. The Morgan fingerprint density at radius 3 is 2.75 bits per heavy atom. The van der Waals surface area contributed by atoms with Crippen molar-refractivity contribution in [2.24, 2.45) is 5.92 Å². The molecule has 1 N–H and O–H groups in total. The van der Waals surface area contributed by atoms with Crippen molar-refractivity contribution in [2.75, 3.05) is 33.7 Å². The van der Waals surface area contributed by atoms with Crippen molar-refractivity contribution in [2.45, 2.75) is 18.9 Å². The fraction of sp³-hybridized carbons (Fsp3) is 0.429. The molecular weight excluding hydrogens is 394 g/mol. The zero-order chi connectivity index (χ0) is 20.1.